The highest BCUT2D eigenvalue weighted by molar-refractivity contribution is 5.79. The number of hydrogen-bond donors (Lipinski definition) is 0. The molecule has 2 aliphatic heterocycles. The van der Waals surface area contributed by atoms with Gasteiger partial charge in [0.25, 0.3) is 0 Å². The van der Waals surface area contributed by atoms with Gasteiger partial charge in [0.05, 0.1) is 19.6 Å². The SMILES string of the molecule is CN(C)CCN1CCOC[C@]2(CCCN(C(=O)Cc3ccccc3)C2)C1. The Kier molecular flexibility index (Phi) is 6.68. The van der Waals surface area contributed by atoms with Gasteiger partial charge in [0.2, 0.25) is 5.91 Å². The number of amides is 1. The van der Waals surface area contributed by atoms with Crippen LogP contribution in [0.1, 0.15) is 18.4 Å². The normalized spacial score (nSPS) is 24.8. The second-order valence-electron chi connectivity index (χ2n) is 8.21. The van der Waals surface area contributed by atoms with Crippen molar-refractivity contribution in [1.29, 1.82) is 0 Å². The number of ether oxygens (including phenoxy) is 1. The van der Waals surface area contributed by atoms with Crippen LogP contribution in [-0.4, -0.2) is 87.2 Å². The number of carbonyl (C=O) groups excluding carboxylic acids is 1. The second kappa shape index (κ2) is 8.98. The Morgan fingerprint density at radius 2 is 2.00 bits per heavy atom. The minimum Gasteiger partial charge on any atom is -0.379 e. The van der Waals surface area contributed by atoms with E-state index in [1.807, 2.05) is 30.3 Å². The van der Waals surface area contributed by atoms with Crippen LogP contribution in [0.5, 0.6) is 0 Å². The summed E-state index contributed by atoms with van der Waals surface area (Å²) in [6.07, 6.45) is 2.73. The molecule has 2 saturated heterocycles. The summed E-state index contributed by atoms with van der Waals surface area (Å²) in [6, 6.07) is 10.1. The molecule has 1 aromatic carbocycles. The summed E-state index contributed by atoms with van der Waals surface area (Å²) >= 11 is 0. The summed E-state index contributed by atoms with van der Waals surface area (Å²) in [5, 5.41) is 0. The average Bonchev–Trinajstić information content (AvgIpc) is 2.83. The first-order valence-corrected chi connectivity index (χ1v) is 9.83. The number of benzene rings is 1. The smallest absolute Gasteiger partial charge is 0.227 e. The lowest BCUT2D eigenvalue weighted by Gasteiger charge is -2.43. The van der Waals surface area contributed by atoms with Crippen molar-refractivity contribution in [2.75, 3.05) is 66.6 Å². The maximum Gasteiger partial charge on any atom is 0.227 e. The van der Waals surface area contributed by atoms with Crippen molar-refractivity contribution in [3.63, 3.8) is 0 Å². The minimum atomic E-state index is 0.0907. The molecule has 1 atom stereocenters. The van der Waals surface area contributed by atoms with Crippen molar-refractivity contribution in [2.45, 2.75) is 19.3 Å². The molecule has 0 unspecified atom stereocenters. The summed E-state index contributed by atoms with van der Waals surface area (Å²) in [4.78, 5) is 19.7. The van der Waals surface area contributed by atoms with Crippen LogP contribution in [0.15, 0.2) is 30.3 Å². The van der Waals surface area contributed by atoms with Gasteiger partial charge in [0.15, 0.2) is 0 Å². The molecule has 26 heavy (non-hydrogen) atoms. The zero-order chi connectivity index (χ0) is 18.4. The van der Waals surface area contributed by atoms with E-state index in [1.54, 1.807) is 0 Å². The first kappa shape index (κ1) is 19.3. The number of hydrogen-bond acceptors (Lipinski definition) is 4. The molecule has 144 valence electrons. The first-order valence-electron chi connectivity index (χ1n) is 9.83. The van der Waals surface area contributed by atoms with E-state index >= 15 is 0 Å². The van der Waals surface area contributed by atoms with Gasteiger partial charge in [-0.2, -0.15) is 0 Å². The number of likely N-dealkylation sites (N-methyl/N-ethyl adjacent to an activating group) is 1. The van der Waals surface area contributed by atoms with Gasteiger partial charge >= 0.3 is 0 Å². The molecule has 2 fully saturated rings. The molecule has 0 aromatic heterocycles. The fraction of sp³-hybridized carbons (Fsp3) is 0.667. The second-order valence-corrected chi connectivity index (χ2v) is 8.21. The van der Waals surface area contributed by atoms with Gasteiger partial charge in [-0.05, 0) is 32.5 Å². The average molecular weight is 360 g/mol. The predicted octanol–water partition coefficient (Wildman–Crippen LogP) is 1.73. The lowest BCUT2D eigenvalue weighted by Crippen LogP contribution is -2.52. The number of piperidine rings is 1. The van der Waals surface area contributed by atoms with Crippen LogP contribution in [0.25, 0.3) is 0 Å². The molecule has 3 rings (SSSR count). The molecule has 0 radical (unpaired) electrons. The van der Waals surface area contributed by atoms with Crippen LogP contribution in [-0.2, 0) is 16.0 Å². The quantitative estimate of drug-likeness (QED) is 0.802. The molecular weight excluding hydrogens is 326 g/mol. The Balaban J connectivity index is 1.62. The van der Waals surface area contributed by atoms with E-state index in [0.29, 0.717) is 6.42 Å². The van der Waals surface area contributed by atoms with E-state index in [9.17, 15) is 4.79 Å². The Labute approximate surface area is 157 Å². The van der Waals surface area contributed by atoms with Gasteiger partial charge in [-0.1, -0.05) is 30.3 Å². The van der Waals surface area contributed by atoms with Crippen LogP contribution < -0.4 is 0 Å². The topological polar surface area (TPSA) is 36.0 Å². The molecule has 0 aliphatic carbocycles. The summed E-state index contributed by atoms with van der Waals surface area (Å²) in [7, 11) is 4.24. The molecule has 1 amide bonds. The van der Waals surface area contributed by atoms with Crippen molar-refractivity contribution in [3.05, 3.63) is 35.9 Å². The van der Waals surface area contributed by atoms with E-state index in [2.05, 4.69) is 28.8 Å². The van der Waals surface area contributed by atoms with Gasteiger partial charge in [0.1, 0.15) is 0 Å². The summed E-state index contributed by atoms with van der Waals surface area (Å²) in [5.41, 5.74) is 1.19. The highest BCUT2D eigenvalue weighted by Gasteiger charge is 2.40. The maximum absolute atomic E-state index is 12.8. The van der Waals surface area contributed by atoms with Crippen molar-refractivity contribution < 1.29 is 9.53 Å². The van der Waals surface area contributed by atoms with Crippen LogP contribution in [0.2, 0.25) is 0 Å². The standard InChI is InChI=1S/C21H33N3O2/c1-22(2)11-12-23-13-14-26-18-21(16-23)9-6-10-24(17-21)20(25)15-19-7-4-3-5-8-19/h3-5,7-8H,6,9-18H2,1-2H3/t21-/m1/s1. The Hall–Kier alpha value is -1.43. The van der Waals surface area contributed by atoms with E-state index in [1.165, 1.54) is 0 Å². The summed E-state index contributed by atoms with van der Waals surface area (Å²) in [5.74, 6) is 0.249. The van der Waals surface area contributed by atoms with Crippen LogP contribution in [0.4, 0.5) is 0 Å². The first-order chi connectivity index (χ1) is 12.6. The number of rotatable bonds is 5. The van der Waals surface area contributed by atoms with E-state index in [-0.39, 0.29) is 11.3 Å². The third-order valence-corrected chi connectivity index (χ3v) is 5.59. The molecule has 0 N–H and O–H groups in total. The van der Waals surface area contributed by atoms with Gasteiger partial charge in [-0.25, -0.2) is 0 Å². The van der Waals surface area contributed by atoms with E-state index in [4.69, 9.17) is 4.74 Å². The number of carbonyl (C=O) groups is 1. The van der Waals surface area contributed by atoms with E-state index < -0.39 is 0 Å². The summed E-state index contributed by atoms with van der Waals surface area (Å²) in [6.45, 7) is 7.45. The number of nitrogens with zero attached hydrogens (tertiary/aromatic N) is 3. The molecule has 1 spiro atoms. The van der Waals surface area contributed by atoms with Crippen LogP contribution in [0, 0.1) is 5.41 Å². The minimum absolute atomic E-state index is 0.0907. The largest absolute Gasteiger partial charge is 0.379 e. The molecular formula is C21H33N3O2. The monoisotopic (exact) mass is 359 g/mol. The van der Waals surface area contributed by atoms with Crippen LogP contribution in [0.3, 0.4) is 0 Å². The Morgan fingerprint density at radius 3 is 2.77 bits per heavy atom. The van der Waals surface area contributed by atoms with E-state index in [0.717, 1.165) is 70.9 Å². The Morgan fingerprint density at radius 1 is 1.19 bits per heavy atom. The fourth-order valence-corrected chi connectivity index (χ4v) is 4.16. The zero-order valence-electron chi connectivity index (χ0n) is 16.3. The zero-order valence-corrected chi connectivity index (χ0v) is 16.3. The lowest BCUT2D eigenvalue weighted by atomic mass is 9.80. The number of likely N-dealkylation sites (tertiary alicyclic amines) is 1. The van der Waals surface area contributed by atoms with Gasteiger partial charge < -0.3 is 14.5 Å². The van der Waals surface area contributed by atoms with Crippen molar-refractivity contribution in [3.8, 4) is 0 Å². The van der Waals surface area contributed by atoms with Crippen molar-refractivity contribution in [1.82, 2.24) is 14.7 Å². The predicted molar refractivity (Wildman–Crippen MR) is 104 cm³/mol. The molecule has 0 saturated carbocycles. The molecule has 5 nitrogen and oxygen atoms in total. The molecule has 2 aliphatic rings. The highest BCUT2D eigenvalue weighted by Crippen LogP contribution is 2.33. The van der Waals surface area contributed by atoms with Gasteiger partial charge in [0, 0.05) is 44.7 Å². The van der Waals surface area contributed by atoms with Gasteiger partial charge in [-0.3, -0.25) is 9.69 Å². The molecule has 5 heteroatoms. The fourth-order valence-electron chi connectivity index (χ4n) is 4.16. The maximum atomic E-state index is 12.8. The highest BCUT2D eigenvalue weighted by atomic mass is 16.5. The van der Waals surface area contributed by atoms with Crippen LogP contribution >= 0.6 is 0 Å². The van der Waals surface area contributed by atoms with Crippen molar-refractivity contribution in [2.24, 2.45) is 5.41 Å². The molecule has 1 aromatic rings. The third kappa shape index (κ3) is 5.29. The third-order valence-electron chi connectivity index (χ3n) is 5.59. The molecule has 2 heterocycles. The summed E-state index contributed by atoms with van der Waals surface area (Å²) < 4.78 is 5.98. The Bertz CT molecular complexity index is 578. The lowest BCUT2D eigenvalue weighted by molar-refractivity contribution is -0.135. The van der Waals surface area contributed by atoms with Crippen molar-refractivity contribution >= 4 is 5.91 Å². The van der Waals surface area contributed by atoms with Gasteiger partial charge in [-0.15, -0.1) is 0 Å². The molecule has 0 bridgehead atoms.